The van der Waals surface area contributed by atoms with Gasteiger partial charge in [-0.1, -0.05) is 6.92 Å². The Morgan fingerprint density at radius 2 is 2.22 bits per heavy atom. The zero-order valence-corrected chi connectivity index (χ0v) is 12.3. The molecule has 2 aromatic rings. The van der Waals surface area contributed by atoms with Crippen molar-refractivity contribution >= 4 is 11.3 Å². The standard InChI is InChI=1S/C14H21N3S/c1-5-15-13(14-10(2)6-7-18-14)9-12-8-11(3)16-17(12)4/h6-8,13,15H,5,9H2,1-4H3. The van der Waals surface area contributed by atoms with Gasteiger partial charge in [0.05, 0.1) is 5.69 Å². The predicted molar refractivity (Wildman–Crippen MR) is 77.1 cm³/mol. The lowest BCUT2D eigenvalue weighted by Gasteiger charge is -2.17. The van der Waals surface area contributed by atoms with Crippen LogP contribution < -0.4 is 5.32 Å². The molecule has 98 valence electrons. The van der Waals surface area contributed by atoms with Gasteiger partial charge in [0.1, 0.15) is 0 Å². The molecular weight excluding hydrogens is 242 g/mol. The van der Waals surface area contributed by atoms with E-state index in [4.69, 9.17) is 0 Å². The molecule has 0 saturated carbocycles. The largest absolute Gasteiger partial charge is 0.309 e. The average Bonchev–Trinajstić information content (AvgIpc) is 2.85. The fraction of sp³-hybridized carbons (Fsp3) is 0.500. The van der Waals surface area contributed by atoms with Gasteiger partial charge >= 0.3 is 0 Å². The molecule has 0 fully saturated rings. The van der Waals surface area contributed by atoms with Crippen LogP contribution in [-0.4, -0.2) is 16.3 Å². The van der Waals surface area contributed by atoms with Crippen molar-refractivity contribution in [3.05, 3.63) is 39.3 Å². The van der Waals surface area contributed by atoms with Crippen LogP contribution in [0.5, 0.6) is 0 Å². The summed E-state index contributed by atoms with van der Waals surface area (Å²) in [5.41, 5.74) is 3.75. The number of aromatic nitrogens is 2. The summed E-state index contributed by atoms with van der Waals surface area (Å²) in [6, 6.07) is 4.76. The van der Waals surface area contributed by atoms with Gasteiger partial charge in [-0.3, -0.25) is 4.68 Å². The third-order valence-electron chi connectivity index (χ3n) is 3.18. The van der Waals surface area contributed by atoms with Gasteiger partial charge in [0.15, 0.2) is 0 Å². The van der Waals surface area contributed by atoms with E-state index in [1.54, 1.807) is 0 Å². The van der Waals surface area contributed by atoms with Gasteiger partial charge in [-0.25, -0.2) is 0 Å². The Morgan fingerprint density at radius 3 is 2.72 bits per heavy atom. The van der Waals surface area contributed by atoms with Crippen LogP contribution in [0.2, 0.25) is 0 Å². The van der Waals surface area contributed by atoms with E-state index in [-0.39, 0.29) is 0 Å². The summed E-state index contributed by atoms with van der Waals surface area (Å²) in [5, 5.41) is 10.2. The molecule has 0 amide bonds. The van der Waals surface area contributed by atoms with Gasteiger partial charge in [-0.2, -0.15) is 5.10 Å². The van der Waals surface area contributed by atoms with E-state index in [1.807, 2.05) is 30.0 Å². The first-order valence-electron chi connectivity index (χ1n) is 6.38. The topological polar surface area (TPSA) is 29.9 Å². The highest BCUT2D eigenvalue weighted by molar-refractivity contribution is 7.10. The lowest BCUT2D eigenvalue weighted by atomic mass is 10.1. The summed E-state index contributed by atoms with van der Waals surface area (Å²) in [7, 11) is 2.02. The van der Waals surface area contributed by atoms with E-state index >= 15 is 0 Å². The Balaban J connectivity index is 2.22. The highest BCUT2D eigenvalue weighted by atomic mass is 32.1. The molecule has 0 aliphatic rings. The first kappa shape index (κ1) is 13.3. The van der Waals surface area contributed by atoms with Crippen LogP contribution in [0.1, 0.15) is 34.8 Å². The Labute approximate surface area is 113 Å². The SMILES string of the molecule is CCNC(Cc1cc(C)nn1C)c1sccc1C. The van der Waals surface area contributed by atoms with Crippen LogP contribution in [0.3, 0.4) is 0 Å². The van der Waals surface area contributed by atoms with Crippen molar-refractivity contribution in [2.75, 3.05) is 6.54 Å². The molecule has 0 aliphatic heterocycles. The van der Waals surface area contributed by atoms with Crippen LogP contribution in [0.4, 0.5) is 0 Å². The first-order valence-corrected chi connectivity index (χ1v) is 7.26. The molecule has 0 saturated heterocycles. The number of aryl methyl sites for hydroxylation is 3. The fourth-order valence-electron chi connectivity index (χ4n) is 2.31. The van der Waals surface area contributed by atoms with Gasteiger partial charge in [0.25, 0.3) is 0 Å². The number of thiophene rings is 1. The molecule has 1 unspecified atom stereocenters. The van der Waals surface area contributed by atoms with Crippen LogP contribution in [0, 0.1) is 13.8 Å². The Morgan fingerprint density at radius 1 is 1.44 bits per heavy atom. The van der Waals surface area contributed by atoms with E-state index in [2.05, 4.69) is 41.8 Å². The van der Waals surface area contributed by atoms with E-state index in [1.165, 1.54) is 16.1 Å². The van der Waals surface area contributed by atoms with Crippen molar-refractivity contribution < 1.29 is 0 Å². The first-order chi connectivity index (χ1) is 8.61. The lowest BCUT2D eigenvalue weighted by Crippen LogP contribution is -2.23. The quantitative estimate of drug-likeness (QED) is 0.898. The average molecular weight is 263 g/mol. The Kier molecular flexibility index (Phi) is 4.19. The molecule has 3 nitrogen and oxygen atoms in total. The minimum Gasteiger partial charge on any atom is -0.309 e. The summed E-state index contributed by atoms with van der Waals surface area (Å²) in [6.07, 6.45) is 0.993. The van der Waals surface area contributed by atoms with Crippen molar-refractivity contribution in [3.8, 4) is 0 Å². The van der Waals surface area contributed by atoms with Gasteiger partial charge in [-0.15, -0.1) is 11.3 Å². The van der Waals surface area contributed by atoms with E-state index in [9.17, 15) is 0 Å². The van der Waals surface area contributed by atoms with E-state index < -0.39 is 0 Å². The second-order valence-electron chi connectivity index (χ2n) is 4.68. The summed E-state index contributed by atoms with van der Waals surface area (Å²) in [5.74, 6) is 0. The van der Waals surface area contributed by atoms with E-state index in [0.29, 0.717) is 6.04 Å². The molecule has 2 aromatic heterocycles. The lowest BCUT2D eigenvalue weighted by molar-refractivity contribution is 0.534. The second kappa shape index (κ2) is 5.67. The molecule has 1 atom stereocenters. The molecule has 0 bridgehead atoms. The minimum absolute atomic E-state index is 0.393. The summed E-state index contributed by atoms with van der Waals surface area (Å²) >= 11 is 1.84. The number of nitrogens with one attached hydrogen (secondary N) is 1. The van der Waals surface area contributed by atoms with Crippen LogP contribution in [0.25, 0.3) is 0 Å². The molecule has 0 aliphatic carbocycles. The minimum atomic E-state index is 0.393. The molecule has 2 heterocycles. The van der Waals surface area contributed by atoms with Gasteiger partial charge in [0, 0.05) is 30.1 Å². The van der Waals surface area contributed by atoms with Crippen LogP contribution in [-0.2, 0) is 13.5 Å². The second-order valence-corrected chi connectivity index (χ2v) is 5.63. The maximum atomic E-state index is 4.42. The van der Waals surface area contributed by atoms with E-state index in [0.717, 1.165) is 18.7 Å². The molecule has 0 aromatic carbocycles. The van der Waals surface area contributed by atoms with Gasteiger partial charge in [0.2, 0.25) is 0 Å². The zero-order valence-electron chi connectivity index (χ0n) is 11.5. The van der Waals surface area contributed by atoms with Crippen molar-refractivity contribution in [1.82, 2.24) is 15.1 Å². The van der Waals surface area contributed by atoms with Gasteiger partial charge < -0.3 is 5.32 Å². The number of hydrogen-bond acceptors (Lipinski definition) is 3. The number of likely N-dealkylation sites (N-methyl/N-ethyl adjacent to an activating group) is 1. The molecule has 0 spiro atoms. The summed E-state index contributed by atoms with van der Waals surface area (Å²) in [6.45, 7) is 7.37. The summed E-state index contributed by atoms with van der Waals surface area (Å²) < 4.78 is 1.99. The van der Waals surface area contributed by atoms with Crippen molar-refractivity contribution in [1.29, 1.82) is 0 Å². The number of rotatable bonds is 5. The normalized spacial score (nSPS) is 12.9. The van der Waals surface area contributed by atoms with Crippen LogP contribution >= 0.6 is 11.3 Å². The smallest absolute Gasteiger partial charge is 0.0596 e. The maximum absolute atomic E-state index is 4.42. The summed E-state index contributed by atoms with van der Waals surface area (Å²) in [4.78, 5) is 1.44. The third kappa shape index (κ3) is 2.82. The van der Waals surface area contributed by atoms with Crippen molar-refractivity contribution in [2.24, 2.45) is 7.05 Å². The molecule has 1 N–H and O–H groups in total. The molecule has 0 radical (unpaired) electrons. The van der Waals surface area contributed by atoms with Crippen molar-refractivity contribution in [3.63, 3.8) is 0 Å². The third-order valence-corrected chi connectivity index (χ3v) is 4.31. The Hall–Kier alpha value is -1.13. The molecule has 4 heteroatoms. The fourth-order valence-corrected chi connectivity index (χ4v) is 3.31. The Bertz CT molecular complexity index is 513. The molecule has 18 heavy (non-hydrogen) atoms. The maximum Gasteiger partial charge on any atom is 0.0596 e. The highest BCUT2D eigenvalue weighted by Crippen LogP contribution is 2.26. The van der Waals surface area contributed by atoms with Gasteiger partial charge in [-0.05, 0) is 43.5 Å². The molecular formula is C14H21N3S. The van der Waals surface area contributed by atoms with Crippen molar-refractivity contribution in [2.45, 2.75) is 33.2 Å². The monoisotopic (exact) mass is 263 g/mol. The zero-order chi connectivity index (χ0) is 13.1. The highest BCUT2D eigenvalue weighted by Gasteiger charge is 2.16. The molecule has 2 rings (SSSR count). The number of hydrogen-bond donors (Lipinski definition) is 1. The number of nitrogens with zero attached hydrogens (tertiary/aromatic N) is 2. The predicted octanol–water partition coefficient (Wildman–Crippen LogP) is 2.99. The van der Waals surface area contributed by atoms with Crippen LogP contribution in [0.15, 0.2) is 17.5 Å².